The summed E-state index contributed by atoms with van der Waals surface area (Å²) in [5.41, 5.74) is 7.37. The fourth-order valence-electron chi connectivity index (χ4n) is 2.98. The number of thiophene rings is 1. The van der Waals surface area contributed by atoms with Gasteiger partial charge in [-0.2, -0.15) is 0 Å². The van der Waals surface area contributed by atoms with Gasteiger partial charge >= 0.3 is 5.97 Å². The van der Waals surface area contributed by atoms with Crippen LogP contribution < -0.4 is 16.4 Å². The van der Waals surface area contributed by atoms with Gasteiger partial charge in [0, 0.05) is 17.7 Å². The minimum Gasteiger partial charge on any atom is -0.481 e. The number of aliphatic carboxylic acids is 1. The minimum atomic E-state index is -1.10. The first-order chi connectivity index (χ1) is 14.8. The molecule has 1 aromatic carbocycles. The molecule has 2 rings (SSSR count). The summed E-state index contributed by atoms with van der Waals surface area (Å²) in [6.07, 6.45) is 0.638. The quantitative estimate of drug-likeness (QED) is 0.396. The Balaban J connectivity index is 1.85. The molecular weight excluding hydrogens is 418 g/mol. The summed E-state index contributed by atoms with van der Waals surface area (Å²) in [4.78, 5) is 48.1. The lowest BCUT2D eigenvalue weighted by atomic mass is 10.1. The van der Waals surface area contributed by atoms with Gasteiger partial charge in [-0.3, -0.25) is 19.2 Å². The Morgan fingerprint density at radius 2 is 1.74 bits per heavy atom. The predicted molar refractivity (Wildman–Crippen MR) is 118 cm³/mol. The number of rotatable bonds is 12. The fraction of sp³-hybridized carbons (Fsp3) is 0.364. The highest BCUT2D eigenvalue weighted by atomic mass is 32.1. The standard InChI is InChI=1S/C22H27N3O5S/c1-2-16(22(30)25-17(21(23)29)10-12-20(27)28)24-19(26)11-7-14-5-8-15(9-6-14)18-4-3-13-31-18/h3-6,8-9,13,16-17H,2,7,10-12H2,1H3,(H2,23,29)(H,24,26)(H,25,30)(H,27,28)/t16-,17-/m0/s1. The number of benzene rings is 1. The maximum absolute atomic E-state index is 12.4. The summed E-state index contributed by atoms with van der Waals surface area (Å²) in [6, 6.07) is 10.1. The number of hydrogen-bond donors (Lipinski definition) is 4. The van der Waals surface area contributed by atoms with E-state index in [1.165, 1.54) is 4.88 Å². The fourth-order valence-corrected chi connectivity index (χ4v) is 3.71. The first-order valence-corrected chi connectivity index (χ1v) is 10.9. The third kappa shape index (κ3) is 7.86. The number of carbonyl (C=O) groups excluding carboxylic acids is 3. The summed E-state index contributed by atoms with van der Waals surface area (Å²) < 4.78 is 0. The highest BCUT2D eigenvalue weighted by Gasteiger charge is 2.24. The van der Waals surface area contributed by atoms with Gasteiger partial charge in [0.05, 0.1) is 0 Å². The predicted octanol–water partition coefficient (Wildman–Crippen LogP) is 2.08. The number of aryl methyl sites for hydroxylation is 1. The van der Waals surface area contributed by atoms with Gasteiger partial charge in [-0.1, -0.05) is 37.3 Å². The van der Waals surface area contributed by atoms with Crippen molar-refractivity contribution in [2.45, 2.75) is 51.1 Å². The molecule has 3 amide bonds. The first kappa shape index (κ1) is 24.1. The summed E-state index contributed by atoms with van der Waals surface area (Å²) >= 11 is 1.66. The second-order valence-electron chi connectivity index (χ2n) is 7.10. The number of amides is 3. The molecule has 0 unspecified atom stereocenters. The zero-order chi connectivity index (χ0) is 22.8. The van der Waals surface area contributed by atoms with E-state index in [4.69, 9.17) is 10.8 Å². The molecule has 0 aliphatic rings. The van der Waals surface area contributed by atoms with Crippen molar-refractivity contribution in [1.29, 1.82) is 0 Å². The molecule has 0 aliphatic carbocycles. The number of carboxylic acids is 1. The second-order valence-corrected chi connectivity index (χ2v) is 8.05. The van der Waals surface area contributed by atoms with Crippen LogP contribution in [-0.2, 0) is 25.6 Å². The zero-order valence-electron chi connectivity index (χ0n) is 17.3. The molecule has 9 heteroatoms. The van der Waals surface area contributed by atoms with Crippen molar-refractivity contribution in [2.75, 3.05) is 0 Å². The number of hydrogen-bond acceptors (Lipinski definition) is 5. The van der Waals surface area contributed by atoms with Crippen molar-refractivity contribution in [2.24, 2.45) is 5.73 Å². The molecule has 2 aromatic rings. The monoisotopic (exact) mass is 445 g/mol. The molecule has 0 spiro atoms. The Bertz CT molecular complexity index is 896. The van der Waals surface area contributed by atoms with Crippen molar-refractivity contribution in [3.05, 3.63) is 47.3 Å². The molecule has 5 N–H and O–H groups in total. The van der Waals surface area contributed by atoms with E-state index in [1.54, 1.807) is 18.3 Å². The van der Waals surface area contributed by atoms with Crippen LogP contribution in [0.2, 0.25) is 0 Å². The van der Waals surface area contributed by atoms with Gasteiger partial charge < -0.3 is 21.5 Å². The van der Waals surface area contributed by atoms with Crippen LogP contribution in [0.15, 0.2) is 41.8 Å². The van der Waals surface area contributed by atoms with Crippen molar-refractivity contribution in [3.63, 3.8) is 0 Å². The van der Waals surface area contributed by atoms with E-state index in [-0.39, 0.29) is 25.2 Å². The molecule has 0 saturated heterocycles. The Hall–Kier alpha value is -3.20. The molecule has 1 aromatic heterocycles. The molecule has 2 atom stereocenters. The molecule has 8 nitrogen and oxygen atoms in total. The van der Waals surface area contributed by atoms with E-state index in [9.17, 15) is 19.2 Å². The van der Waals surface area contributed by atoms with E-state index in [1.807, 2.05) is 41.8 Å². The molecule has 0 saturated carbocycles. The van der Waals surface area contributed by atoms with Crippen molar-refractivity contribution >= 4 is 35.0 Å². The van der Waals surface area contributed by atoms with Crippen LogP contribution in [0.4, 0.5) is 0 Å². The lowest BCUT2D eigenvalue weighted by molar-refractivity contribution is -0.137. The molecule has 0 bridgehead atoms. The maximum Gasteiger partial charge on any atom is 0.303 e. The number of primary amides is 1. The normalized spacial score (nSPS) is 12.5. The number of carbonyl (C=O) groups is 4. The summed E-state index contributed by atoms with van der Waals surface area (Å²) in [6.45, 7) is 1.73. The third-order valence-electron chi connectivity index (χ3n) is 4.77. The number of nitrogens with one attached hydrogen (secondary N) is 2. The first-order valence-electron chi connectivity index (χ1n) is 10.0. The maximum atomic E-state index is 12.4. The van der Waals surface area contributed by atoms with E-state index in [0.717, 1.165) is 11.1 Å². The highest BCUT2D eigenvalue weighted by molar-refractivity contribution is 7.13. The lowest BCUT2D eigenvalue weighted by Gasteiger charge is -2.20. The van der Waals surface area contributed by atoms with E-state index >= 15 is 0 Å². The Morgan fingerprint density at radius 3 is 2.29 bits per heavy atom. The third-order valence-corrected chi connectivity index (χ3v) is 5.69. The van der Waals surface area contributed by atoms with Crippen LogP contribution >= 0.6 is 11.3 Å². The van der Waals surface area contributed by atoms with Gasteiger partial charge in [0.2, 0.25) is 17.7 Å². The number of carboxylic acid groups (broad SMARTS) is 1. The zero-order valence-corrected chi connectivity index (χ0v) is 18.1. The van der Waals surface area contributed by atoms with Crippen LogP contribution in [0.3, 0.4) is 0 Å². The van der Waals surface area contributed by atoms with Crippen LogP contribution in [0.25, 0.3) is 10.4 Å². The Kier molecular flexibility index (Phi) is 9.20. The molecule has 31 heavy (non-hydrogen) atoms. The van der Waals surface area contributed by atoms with Gasteiger partial charge in [0.15, 0.2) is 0 Å². The molecule has 0 radical (unpaired) electrons. The minimum absolute atomic E-state index is 0.109. The highest BCUT2D eigenvalue weighted by Crippen LogP contribution is 2.24. The average molecular weight is 446 g/mol. The molecule has 0 aliphatic heterocycles. The van der Waals surface area contributed by atoms with E-state index in [2.05, 4.69) is 10.6 Å². The van der Waals surface area contributed by atoms with Crippen molar-refractivity contribution in [3.8, 4) is 10.4 Å². The van der Waals surface area contributed by atoms with Crippen LogP contribution in [-0.4, -0.2) is 40.9 Å². The van der Waals surface area contributed by atoms with Crippen molar-refractivity contribution in [1.82, 2.24) is 10.6 Å². The summed E-state index contributed by atoms with van der Waals surface area (Å²) in [5.74, 6) is -2.76. The molecular formula is C22H27N3O5S. The Labute approximate surface area is 184 Å². The topological polar surface area (TPSA) is 139 Å². The van der Waals surface area contributed by atoms with Gasteiger partial charge in [-0.05, 0) is 41.8 Å². The van der Waals surface area contributed by atoms with Gasteiger partial charge in [0.1, 0.15) is 12.1 Å². The van der Waals surface area contributed by atoms with Crippen LogP contribution in [0.5, 0.6) is 0 Å². The number of nitrogens with two attached hydrogens (primary N) is 1. The summed E-state index contributed by atoms with van der Waals surface area (Å²) in [5, 5.41) is 15.9. The van der Waals surface area contributed by atoms with Gasteiger partial charge in [-0.15, -0.1) is 11.3 Å². The van der Waals surface area contributed by atoms with Gasteiger partial charge in [0.25, 0.3) is 0 Å². The Morgan fingerprint density at radius 1 is 1.03 bits per heavy atom. The van der Waals surface area contributed by atoms with Crippen LogP contribution in [0, 0.1) is 0 Å². The lowest BCUT2D eigenvalue weighted by Crippen LogP contribution is -2.52. The van der Waals surface area contributed by atoms with Gasteiger partial charge in [-0.25, -0.2) is 0 Å². The van der Waals surface area contributed by atoms with Crippen molar-refractivity contribution < 1.29 is 24.3 Å². The largest absolute Gasteiger partial charge is 0.481 e. The molecule has 1 heterocycles. The molecule has 166 valence electrons. The molecule has 0 fully saturated rings. The van der Waals surface area contributed by atoms with Crippen LogP contribution in [0.1, 0.15) is 38.2 Å². The smallest absolute Gasteiger partial charge is 0.303 e. The summed E-state index contributed by atoms with van der Waals surface area (Å²) in [7, 11) is 0. The van der Waals surface area contributed by atoms with E-state index in [0.29, 0.717) is 12.8 Å². The SMILES string of the molecule is CC[C@H](NC(=O)CCc1ccc(-c2cccs2)cc1)C(=O)N[C@@H](CCC(=O)O)C(N)=O. The second kappa shape index (κ2) is 11.8. The van der Waals surface area contributed by atoms with E-state index < -0.39 is 29.9 Å². The average Bonchev–Trinajstić information content (AvgIpc) is 3.28.